The van der Waals surface area contributed by atoms with E-state index in [1.165, 1.54) is 24.3 Å². The van der Waals surface area contributed by atoms with Crippen LogP contribution < -0.4 is 10.4 Å². The highest BCUT2D eigenvalue weighted by molar-refractivity contribution is 6.18. The first kappa shape index (κ1) is 29.2. The molecule has 43 heavy (non-hydrogen) atoms. The van der Waals surface area contributed by atoms with Crippen LogP contribution >= 0.6 is 0 Å². The zero-order valence-electron chi connectivity index (χ0n) is 23.8. The molecule has 0 N–H and O–H groups in total. The minimum absolute atomic E-state index is 0.127. The minimum Gasteiger partial charge on any atom is -0.485 e. The molecule has 1 aliphatic carbocycles. The third-order valence-corrected chi connectivity index (χ3v) is 7.33. The van der Waals surface area contributed by atoms with Gasteiger partial charge >= 0.3 is 11.6 Å². The van der Waals surface area contributed by atoms with Gasteiger partial charge in [-0.2, -0.15) is 0 Å². The number of ketones is 2. The van der Waals surface area contributed by atoms with Gasteiger partial charge in [0.2, 0.25) is 0 Å². The first-order valence-corrected chi connectivity index (χ1v) is 13.8. The molecule has 0 saturated carbocycles. The van der Waals surface area contributed by atoms with Crippen LogP contribution in [-0.4, -0.2) is 29.2 Å². The van der Waals surface area contributed by atoms with Crippen molar-refractivity contribution in [3.63, 3.8) is 0 Å². The summed E-state index contributed by atoms with van der Waals surface area (Å²) in [6, 6.07) is 25.2. The smallest absolute Gasteiger partial charge is 0.338 e. The fourth-order valence-corrected chi connectivity index (χ4v) is 5.01. The molecule has 0 amide bonds. The monoisotopic (exact) mass is 574 g/mol. The third kappa shape index (κ3) is 6.62. The number of benzene rings is 3. The van der Waals surface area contributed by atoms with Gasteiger partial charge < -0.3 is 13.9 Å². The second-order valence-corrected chi connectivity index (χ2v) is 10.7. The molecule has 0 spiro atoms. The Morgan fingerprint density at radius 3 is 2.35 bits per heavy atom. The second kappa shape index (κ2) is 12.3. The Bertz CT molecular complexity index is 1810. The van der Waals surface area contributed by atoms with Crippen molar-refractivity contribution in [3.8, 4) is 5.75 Å². The Hall–Kier alpha value is -5.30. The number of fused-ring (bicyclic) bond motifs is 2. The Balaban J connectivity index is 0.000000188. The van der Waals surface area contributed by atoms with Crippen molar-refractivity contribution in [2.45, 2.75) is 37.9 Å². The topological polar surface area (TPSA) is 99.9 Å². The van der Waals surface area contributed by atoms with E-state index in [2.05, 4.69) is 6.58 Å². The van der Waals surface area contributed by atoms with Crippen molar-refractivity contribution in [1.82, 2.24) is 0 Å². The maximum absolute atomic E-state index is 12.4. The van der Waals surface area contributed by atoms with Gasteiger partial charge in [0.15, 0.2) is 11.6 Å². The van der Waals surface area contributed by atoms with E-state index in [1.54, 1.807) is 42.5 Å². The molecule has 0 radical (unpaired) electrons. The van der Waals surface area contributed by atoms with Crippen molar-refractivity contribution in [2.75, 3.05) is 0 Å². The molecular weight excluding hydrogens is 544 g/mol. The quantitative estimate of drug-likeness (QED) is 0.115. The number of carbonyl (C=O) groups is 3. The molecule has 2 heterocycles. The lowest BCUT2D eigenvalue weighted by atomic mass is 9.86. The van der Waals surface area contributed by atoms with Crippen LogP contribution in [-0.2, 0) is 20.7 Å². The summed E-state index contributed by atoms with van der Waals surface area (Å²) in [5, 5.41) is 0.840. The van der Waals surface area contributed by atoms with Gasteiger partial charge in [0.1, 0.15) is 23.0 Å². The molecule has 0 bridgehead atoms. The fraction of sp³-hybridized carbons (Fsp3) is 0.167. The van der Waals surface area contributed by atoms with Gasteiger partial charge in [0.25, 0.3) is 0 Å². The van der Waals surface area contributed by atoms with Crippen molar-refractivity contribution in [3.05, 3.63) is 148 Å². The number of esters is 1. The van der Waals surface area contributed by atoms with Gasteiger partial charge in [-0.15, -0.1) is 6.58 Å². The van der Waals surface area contributed by atoms with Gasteiger partial charge in [-0.3, -0.25) is 9.59 Å². The highest BCUT2D eigenvalue weighted by atomic mass is 16.6. The summed E-state index contributed by atoms with van der Waals surface area (Å²) in [4.78, 5) is 46.9. The van der Waals surface area contributed by atoms with E-state index in [1.807, 2.05) is 56.3 Å². The summed E-state index contributed by atoms with van der Waals surface area (Å²) in [6.07, 6.45) is 5.97. The molecule has 0 fully saturated rings. The van der Waals surface area contributed by atoms with E-state index in [0.717, 1.165) is 16.5 Å². The van der Waals surface area contributed by atoms with Crippen molar-refractivity contribution in [1.29, 1.82) is 0 Å². The minimum atomic E-state index is -0.820. The van der Waals surface area contributed by atoms with Gasteiger partial charge in [-0.1, -0.05) is 54.6 Å². The lowest BCUT2D eigenvalue weighted by molar-refractivity contribution is -0.114. The van der Waals surface area contributed by atoms with Gasteiger partial charge in [-0.25, -0.2) is 9.59 Å². The molecule has 2 aliphatic rings. The number of ether oxygens (including phenoxy) is 2. The standard InChI is InChI=1S/C21H18O5.C15H12O2/c1-21(2,26-20(23)13-6-4-3-5-7-13)18-11-15-10-14-8-9-19(22)25-16(14)12-17(15)24-18;1-2-13(11-6-4-3-5-7-11)14-10-12(16)8-9-15(14)17/h3-10,12,18H,11H2,1-2H3;2-10,13H,1H2. The van der Waals surface area contributed by atoms with Crippen LogP contribution in [0.15, 0.2) is 131 Å². The van der Waals surface area contributed by atoms with Crippen LogP contribution in [0.3, 0.4) is 0 Å². The van der Waals surface area contributed by atoms with Crippen molar-refractivity contribution >= 4 is 28.5 Å². The summed E-state index contributed by atoms with van der Waals surface area (Å²) < 4.78 is 16.9. The summed E-state index contributed by atoms with van der Waals surface area (Å²) in [6.45, 7) is 7.42. The largest absolute Gasteiger partial charge is 0.485 e. The molecule has 3 aromatic carbocycles. The molecule has 216 valence electrons. The Morgan fingerprint density at radius 2 is 1.65 bits per heavy atom. The Kier molecular flexibility index (Phi) is 8.34. The van der Waals surface area contributed by atoms with E-state index in [4.69, 9.17) is 13.9 Å². The van der Waals surface area contributed by atoms with Crippen LogP contribution in [0.25, 0.3) is 11.0 Å². The third-order valence-electron chi connectivity index (χ3n) is 7.33. The average molecular weight is 575 g/mol. The van der Waals surface area contributed by atoms with Crippen LogP contribution in [0.4, 0.5) is 0 Å². The maximum atomic E-state index is 12.4. The molecule has 0 saturated heterocycles. The average Bonchev–Trinajstić information content (AvgIpc) is 3.43. The molecule has 1 aliphatic heterocycles. The second-order valence-electron chi connectivity index (χ2n) is 10.7. The highest BCUT2D eigenvalue weighted by Crippen LogP contribution is 2.37. The molecule has 4 aromatic rings. The normalized spacial score (nSPS) is 16.3. The van der Waals surface area contributed by atoms with Gasteiger partial charge in [0.05, 0.1) is 5.56 Å². The molecule has 1 aromatic heterocycles. The van der Waals surface area contributed by atoms with Crippen LogP contribution in [0.5, 0.6) is 5.75 Å². The SMILES string of the molecule is C=CC(C1=CC(=O)C=CC1=O)c1ccccc1.CC(C)(OC(=O)c1ccccc1)C1Cc2cc3ccc(=O)oc3cc2O1. The molecule has 7 heteroatoms. The van der Waals surface area contributed by atoms with E-state index in [9.17, 15) is 19.2 Å². The predicted molar refractivity (Wildman–Crippen MR) is 163 cm³/mol. The number of carbonyl (C=O) groups excluding carboxylic acids is 3. The molecule has 2 unspecified atom stereocenters. The first-order valence-electron chi connectivity index (χ1n) is 13.8. The van der Waals surface area contributed by atoms with E-state index >= 15 is 0 Å². The maximum Gasteiger partial charge on any atom is 0.338 e. The zero-order chi connectivity index (χ0) is 30.6. The van der Waals surface area contributed by atoms with Gasteiger partial charge in [0, 0.05) is 35.4 Å². The fourth-order valence-electron chi connectivity index (χ4n) is 5.01. The molecule has 6 rings (SSSR count). The lowest BCUT2D eigenvalue weighted by Crippen LogP contribution is -2.43. The lowest BCUT2D eigenvalue weighted by Gasteiger charge is -2.30. The number of hydrogen-bond donors (Lipinski definition) is 0. The van der Waals surface area contributed by atoms with E-state index < -0.39 is 11.2 Å². The Morgan fingerprint density at radius 1 is 0.953 bits per heavy atom. The van der Waals surface area contributed by atoms with E-state index in [0.29, 0.717) is 28.9 Å². The number of allylic oxidation sites excluding steroid dienone is 5. The molecular formula is C36H30O7. The molecule has 7 nitrogen and oxygen atoms in total. The summed E-state index contributed by atoms with van der Waals surface area (Å²) in [5.74, 6) is -0.231. The number of rotatable bonds is 6. The Labute approximate surface area is 248 Å². The highest BCUT2D eigenvalue weighted by Gasteiger charge is 2.40. The zero-order valence-corrected chi connectivity index (χ0v) is 23.8. The molecule has 2 atom stereocenters. The summed E-state index contributed by atoms with van der Waals surface area (Å²) in [7, 11) is 0. The van der Waals surface area contributed by atoms with E-state index in [-0.39, 0.29) is 29.6 Å². The number of hydrogen-bond acceptors (Lipinski definition) is 7. The predicted octanol–water partition coefficient (Wildman–Crippen LogP) is 6.32. The summed E-state index contributed by atoms with van der Waals surface area (Å²) in [5.41, 5.74) is 2.21. The van der Waals surface area contributed by atoms with Crippen LogP contribution in [0, 0.1) is 0 Å². The van der Waals surface area contributed by atoms with Crippen molar-refractivity contribution < 1.29 is 28.3 Å². The van der Waals surface area contributed by atoms with Crippen LogP contribution in [0.1, 0.15) is 41.3 Å². The summed E-state index contributed by atoms with van der Waals surface area (Å²) >= 11 is 0. The van der Waals surface area contributed by atoms with Crippen LogP contribution in [0.2, 0.25) is 0 Å². The van der Waals surface area contributed by atoms with Crippen molar-refractivity contribution in [2.24, 2.45) is 0 Å². The van der Waals surface area contributed by atoms with Gasteiger partial charge in [-0.05, 0) is 67.5 Å². The first-order chi connectivity index (χ1) is 20.6.